The number of amides is 1. The Morgan fingerprint density at radius 2 is 1.92 bits per heavy atom. The zero-order chi connectivity index (χ0) is 17.1. The number of piperidine rings is 1. The van der Waals surface area contributed by atoms with Gasteiger partial charge >= 0.3 is 0 Å². The molecule has 0 aliphatic carbocycles. The zero-order valence-electron chi connectivity index (χ0n) is 14.0. The van der Waals surface area contributed by atoms with Crippen LogP contribution in [0.4, 0.5) is 0 Å². The van der Waals surface area contributed by atoms with Gasteiger partial charge in [-0.1, -0.05) is 36.4 Å². The highest BCUT2D eigenvalue weighted by molar-refractivity contribution is 7.12. The number of nitrogens with zero attached hydrogens (tertiary/aromatic N) is 3. The van der Waals surface area contributed by atoms with Gasteiger partial charge in [0.25, 0.3) is 5.91 Å². The molecule has 1 aliphatic rings. The van der Waals surface area contributed by atoms with E-state index in [-0.39, 0.29) is 5.91 Å². The number of hydrogen-bond acceptors (Lipinski definition) is 3. The standard InChI is InChI=1S/C20H21N3OS/c24-20(18-7-4-14-25-18)22-11-8-16(9-12-22)15-23-13-10-21-19(23)17-5-2-1-3-6-17/h1-7,10,13-14,16H,8-9,11-12,15H2. The van der Waals surface area contributed by atoms with Gasteiger partial charge in [0.05, 0.1) is 4.88 Å². The van der Waals surface area contributed by atoms with Crippen LogP contribution < -0.4 is 0 Å². The van der Waals surface area contributed by atoms with Crippen LogP contribution in [0.1, 0.15) is 22.5 Å². The molecule has 4 nitrogen and oxygen atoms in total. The molecule has 1 saturated heterocycles. The molecule has 128 valence electrons. The van der Waals surface area contributed by atoms with Gasteiger partial charge in [-0.05, 0) is 30.2 Å². The van der Waals surface area contributed by atoms with E-state index in [1.54, 1.807) is 0 Å². The third kappa shape index (κ3) is 3.51. The van der Waals surface area contributed by atoms with E-state index >= 15 is 0 Å². The van der Waals surface area contributed by atoms with Crippen LogP contribution in [0.3, 0.4) is 0 Å². The van der Waals surface area contributed by atoms with E-state index in [9.17, 15) is 4.79 Å². The van der Waals surface area contributed by atoms with Crippen molar-refractivity contribution in [3.63, 3.8) is 0 Å². The second kappa shape index (κ2) is 7.23. The molecule has 1 aliphatic heterocycles. The Morgan fingerprint density at radius 3 is 2.64 bits per heavy atom. The average Bonchev–Trinajstić information content (AvgIpc) is 3.35. The van der Waals surface area contributed by atoms with Crippen LogP contribution in [-0.4, -0.2) is 33.4 Å². The largest absolute Gasteiger partial charge is 0.338 e. The fourth-order valence-corrected chi connectivity index (χ4v) is 4.15. The molecular weight excluding hydrogens is 330 g/mol. The molecule has 0 atom stereocenters. The Hall–Kier alpha value is -2.40. The van der Waals surface area contributed by atoms with Gasteiger partial charge in [-0.15, -0.1) is 11.3 Å². The Labute approximate surface area is 151 Å². The fraction of sp³-hybridized carbons (Fsp3) is 0.300. The van der Waals surface area contributed by atoms with E-state index in [1.807, 2.05) is 46.8 Å². The van der Waals surface area contributed by atoms with Crippen LogP contribution in [0.2, 0.25) is 0 Å². The minimum absolute atomic E-state index is 0.182. The predicted molar refractivity (Wildman–Crippen MR) is 101 cm³/mol. The third-order valence-electron chi connectivity index (χ3n) is 4.84. The summed E-state index contributed by atoms with van der Waals surface area (Å²) < 4.78 is 2.25. The number of imidazole rings is 1. The molecular formula is C20H21N3OS. The zero-order valence-corrected chi connectivity index (χ0v) is 14.9. The van der Waals surface area contributed by atoms with Gasteiger partial charge in [0.2, 0.25) is 0 Å². The maximum atomic E-state index is 12.4. The minimum Gasteiger partial charge on any atom is -0.338 e. The summed E-state index contributed by atoms with van der Waals surface area (Å²) in [5.74, 6) is 1.79. The summed E-state index contributed by atoms with van der Waals surface area (Å²) >= 11 is 1.53. The number of likely N-dealkylation sites (tertiary alicyclic amines) is 1. The van der Waals surface area contributed by atoms with E-state index in [4.69, 9.17) is 0 Å². The van der Waals surface area contributed by atoms with Gasteiger partial charge in [0.15, 0.2) is 0 Å². The molecule has 0 bridgehead atoms. The number of aromatic nitrogens is 2. The summed E-state index contributed by atoms with van der Waals surface area (Å²) in [4.78, 5) is 19.8. The molecule has 1 amide bonds. The lowest BCUT2D eigenvalue weighted by Crippen LogP contribution is -2.39. The van der Waals surface area contributed by atoms with E-state index in [0.717, 1.165) is 48.7 Å². The molecule has 0 N–H and O–H groups in total. The summed E-state index contributed by atoms with van der Waals surface area (Å²) in [6.45, 7) is 2.65. The quantitative estimate of drug-likeness (QED) is 0.708. The van der Waals surface area contributed by atoms with Crippen molar-refractivity contribution >= 4 is 17.2 Å². The van der Waals surface area contributed by atoms with Gasteiger partial charge < -0.3 is 9.47 Å². The van der Waals surface area contributed by atoms with Crippen molar-refractivity contribution in [2.75, 3.05) is 13.1 Å². The highest BCUT2D eigenvalue weighted by Crippen LogP contribution is 2.24. The molecule has 4 rings (SSSR count). The van der Waals surface area contributed by atoms with Crippen molar-refractivity contribution in [1.29, 1.82) is 0 Å². The van der Waals surface area contributed by atoms with Crippen molar-refractivity contribution in [2.45, 2.75) is 19.4 Å². The topological polar surface area (TPSA) is 38.1 Å². The second-order valence-electron chi connectivity index (χ2n) is 6.48. The monoisotopic (exact) mass is 351 g/mol. The van der Waals surface area contributed by atoms with E-state index in [1.165, 1.54) is 11.3 Å². The molecule has 1 fully saturated rings. The summed E-state index contributed by atoms with van der Waals surface area (Å²) in [6, 6.07) is 14.2. The van der Waals surface area contributed by atoms with Crippen molar-refractivity contribution in [1.82, 2.24) is 14.5 Å². The predicted octanol–water partition coefficient (Wildman–Crippen LogP) is 4.16. The SMILES string of the molecule is O=C(c1cccs1)N1CCC(Cn2ccnc2-c2ccccc2)CC1. The lowest BCUT2D eigenvalue weighted by atomic mass is 9.96. The van der Waals surface area contributed by atoms with Crippen LogP contribution in [0.15, 0.2) is 60.2 Å². The van der Waals surface area contributed by atoms with Gasteiger partial charge in [-0.25, -0.2) is 4.98 Å². The first-order valence-electron chi connectivity index (χ1n) is 8.70. The molecule has 3 aromatic rings. The summed E-state index contributed by atoms with van der Waals surface area (Å²) in [6.07, 6.45) is 6.02. The van der Waals surface area contributed by atoms with E-state index in [0.29, 0.717) is 5.92 Å². The second-order valence-corrected chi connectivity index (χ2v) is 7.43. The first-order chi connectivity index (χ1) is 12.3. The van der Waals surface area contributed by atoms with Crippen molar-refractivity contribution in [3.8, 4) is 11.4 Å². The summed E-state index contributed by atoms with van der Waals surface area (Å²) in [7, 11) is 0. The molecule has 25 heavy (non-hydrogen) atoms. The molecule has 0 spiro atoms. The fourth-order valence-electron chi connectivity index (χ4n) is 3.46. The molecule has 1 aromatic carbocycles. The van der Waals surface area contributed by atoms with Gasteiger partial charge in [-0.3, -0.25) is 4.79 Å². The maximum absolute atomic E-state index is 12.4. The molecule has 0 unspecified atom stereocenters. The Kier molecular flexibility index (Phi) is 4.65. The highest BCUT2D eigenvalue weighted by Gasteiger charge is 2.24. The van der Waals surface area contributed by atoms with Gasteiger partial charge in [-0.2, -0.15) is 0 Å². The van der Waals surface area contributed by atoms with Crippen LogP contribution in [0, 0.1) is 5.92 Å². The number of hydrogen-bond donors (Lipinski definition) is 0. The van der Waals surface area contributed by atoms with Crippen LogP contribution >= 0.6 is 11.3 Å². The van der Waals surface area contributed by atoms with E-state index < -0.39 is 0 Å². The molecule has 0 radical (unpaired) electrons. The lowest BCUT2D eigenvalue weighted by Gasteiger charge is -2.32. The van der Waals surface area contributed by atoms with Crippen molar-refractivity contribution in [2.24, 2.45) is 5.92 Å². The number of carbonyl (C=O) groups excluding carboxylic acids is 1. The molecule has 3 heterocycles. The number of thiophene rings is 1. The summed E-state index contributed by atoms with van der Waals surface area (Å²) in [5.41, 5.74) is 1.15. The Bertz CT molecular complexity index is 818. The minimum atomic E-state index is 0.182. The third-order valence-corrected chi connectivity index (χ3v) is 5.69. The number of rotatable bonds is 4. The first-order valence-corrected chi connectivity index (χ1v) is 9.58. The average molecular weight is 351 g/mol. The van der Waals surface area contributed by atoms with Gasteiger partial charge in [0, 0.05) is 37.6 Å². The molecule has 2 aromatic heterocycles. The smallest absolute Gasteiger partial charge is 0.263 e. The maximum Gasteiger partial charge on any atom is 0.263 e. The number of carbonyl (C=O) groups is 1. The summed E-state index contributed by atoms with van der Waals surface area (Å²) in [5, 5.41) is 1.96. The molecule has 5 heteroatoms. The van der Waals surface area contributed by atoms with Crippen molar-refractivity contribution < 1.29 is 4.79 Å². The van der Waals surface area contributed by atoms with E-state index in [2.05, 4.69) is 27.9 Å². The van der Waals surface area contributed by atoms with Crippen molar-refractivity contribution in [3.05, 3.63) is 65.1 Å². The lowest BCUT2D eigenvalue weighted by molar-refractivity contribution is 0.0688. The first kappa shape index (κ1) is 16.1. The van der Waals surface area contributed by atoms with Crippen LogP contribution in [-0.2, 0) is 6.54 Å². The Morgan fingerprint density at radius 1 is 1.12 bits per heavy atom. The van der Waals surface area contributed by atoms with Crippen LogP contribution in [0.5, 0.6) is 0 Å². The normalized spacial score (nSPS) is 15.4. The van der Waals surface area contributed by atoms with Gasteiger partial charge in [0.1, 0.15) is 5.82 Å². The van der Waals surface area contributed by atoms with Crippen LogP contribution in [0.25, 0.3) is 11.4 Å². The number of benzene rings is 1. The Balaban J connectivity index is 1.38. The molecule has 0 saturated carbocycles. The highest BCUT2D eigenvalue weighted by atomic mass is 32.1.